The number of rotatable bonds is 4. The molecule has 2 heterocycles. The van der Waals surface area contributed by atoms with E-state index in [1.54, 1.807) is 12.1 Å². The summed E-state index contributed by atoms with van der Waals surface area (Å²) in [6.45, 7) is 5.66. The Morgan fingerprint density at radius 2 is 2.04 bits per heavy atom. The summed E-state index contributed by atoms with van der Waals surface area (Å²) < 4.78 is 5.08. The second-order valence-corrected chi connectivity index (χ2v) is 6.02. The van der Waals surface area contributed by atoms with Gasteiger partial charge in [-0.25, -0.2) is 0 Å². The minimum atomic E-state index is -0.383. The Kier molecular flexibility index (Phi) is 4.49. The van der Waals surface area contributed by atoms with E-state index >= 15 is 0 Å². The molecule has 0 spiro atoms. The summed E-state index contributed by atoms with van der Waals surface area (Å²) >= 11 is 5.87. The van der Waals surface area contributed by atoms with Crippen LogP contribution in [0.15, 0.2) is 28.8 Å². The highest BCUT2D eigenvalue weighted by atomic mass is 35.5. The van der Waals surface area contributed by atoms with Gasteiger partial charge in [-0.05, 0) is 19.1 Å². The third-order valence-electron chi connectivity index (χ3n) is 3.91. The lowest BCUT2D eigenvalue weighted by molar-refractivity contribution is -0.384. The van der Waals surface area contributed by atoms with Crippen LogP contribution in [0.3, 0.4) is 0 Å². The minimum absolute atomic E-state index is 0.0538. The first kappa shape index (κ1) is 15.8. The number of benzene rings is 1. The van der Waals surface area contributed by atoms with Crippen LogP contribution in [0.1, 0.15) is 11.5 Å². The molecule has 3 rings (SSSR count). The third kappa shape index (κ3) is 3.62. The number of aromatic nitrogens is 1. The van der Waals surface area contributed by atoms with Crippen molar-refractivity contribution in [2.45, 2.75) is 13.5 Å². The molecule has 1 fully saturated rings. The van der Waals surface area contributed by atoms with Crippen molar-refractivity contribution in [2.75, 3.05) is 31.1 Å². The zero-order valence-electron chi connectivity index (χ0n) is 12.7. The molecule has 0 unspecified atom stereocenters. The number of nitro groups is 1. The van der Waals surface area contributed by atoms with Gasteiger partial charge in [0.2, 0.25) is 0 Å². The number of nitro benzene ring substituents is 1. The number of hydrogen-bond donors (Lipinski definition) is 0. The van der Waals surface area contributed by atoms with Crippen LogP contribution in [0.4, 0.5) is 11.4 Å². The van der Waals surface area contributed by atoms with Crippen LogP contribution >= 0.6 is 11.6 Å². The van der Waals surface area contributed by atoms with Crippen LogP contribution in [0.25, 0.3) is 0 Å². The first-order chi connectivity index (χ1) is 11.0. The molecule has 0 aliphatic carbocycles. The summed E-state index contributed by atoms with van der Waals surface area (Å²) in [5.41, 5.74) is 1.59. The summed E-state index contributed by atoms with van der Waals surface area (Å²) in [7, 11) is 0. The molecular formula is C15H17ClN4O3. The summed E-state index contributed by atoms with van der Waals surface area (Å²) in [6.07, 6.45) is 0. The van der Waals surface area contributed by atoms with Crippen molar-refractivity contribution in [3.8, 4) is 0 Å². The molecule has 1 aromatic heterocycles. The van der Waals surface area contributed by atoms with Gasteiger partial charge in [0.05, 0.1) is 10.6 Å². The van der Waals surface area contributed by atoms with Gasteiger partial charge >= 0.3 is 0 Å². The van der Waals surface area contributed by atoms with Crippen molar-refractivity contribution < 1.29 is 9.45 Å². The summed E-state index contributed by atoms with van der Waals surface area (Å²) in [5.74, 6) is 0.801. The van der Waals surface area contributed by atoms with Gasteiger partial charge in [-0.15, -0.1) is 0 Å². The second-order valence-electron chi connectivity index (χ2n) is 5.58. The summed E-state index contributed by atoms with van der Waals surface area (Å²) in [4.78, 5) is 15.1. The first-order valence-electron chi connectivity index (χ1n) is 7.36. The smallest absolute Gasteiger partial charge is 0.294 e. The van der Waals surface area contributed by atoms with E-state index in [4.69, 9.17) is 16.1 Å². The van der Waals surface area contributed by atoms with E-state index in [9.17, 15) is 10.1 Å². The normalized spacial score (nSPS) is 15.8. The van der Waals surface area contributed by atoms with Crippen LogP contribution in [-0.2, 0) is 6.54 Å². The molecule has 2 aromatic rings. The molecule has 23 heavy (non-hydrogen) atoms. The summed E-state index contributed by atoms with van der Waals surface area (Å²) in [6, 6.07) is 6.74. The van der Waals surface area contributed by atoms with Gasteiger partial charge in [0.15, 0.2) is 0 Å². The van der Waals surface area contributed by atoms with Crippen LogP contribution in [0.2, 0.25) is 5.02 Å². The SMILES string of the molecule is Cc1cc(CN2CCN(c3ccc(Cl)cc3[N+](=O)[O-])CC2)no1. The zero-order valence-corrected chi connectivity index (χ0v) is 13.5. The molecule has 1 saturated heterocycles. The van der Waals surface area contributed by atoms with Crippen LogP contribution < -0.4 is 4.90 Å². The van der Waals surface area contributed by atoms with Gasteiger partial charge < -0.3 is 9.42 Å². The number of piperazine rings is 1. The molecule has 0 radical (unpaired) electrons. The topological polar surface area (TPSA) is 75.7 Å². The second kappa shape index (κ2) is 6.55. The molecule has 0 amide bonds. The number of nitrogens with zero attached hydrogens (tertiary/aromatic N) is 4. The Morgan fingerprint density at radius 1 is 1.30 bits per heavy atom. The largest absolute Gasteiger partial charge is 0.363 e. The lowest BCUT2D eigenvalue weighted by Gasteiger charge is -2.35. The van der Waals surface area contributed by atoms with Crippen LogP contribution in [0, 0.1) is 17.0 Å². The maximum atomic E-state index is 11.2. The van der Waals surface area contributed by atoms with E-state index in [1.807, 2.05) is 17.9 Å². The molecule has 122 valence electrons. The Balaban J connectivity index is 1.66. The number of hydrogen-bond acceptors (Lipinski definition) is 6. The fourth-order valence-electron chi connectivity index (χ4n) is 2.78. The van der Waals surface area contributed by atoms with Gasteiger partial charge in [0.1, 0.15) is 11.4 Å². The molecule has 8 heteroatoms. The monoisotopic (exact) mass is 336 g/mol. The molecule has 1 aromatic carbocycles. The Bertz CT molecular complexity index is 710. The Morgan fingerprint density at radius 3 is 2.65 bits per heavy atom. The lowest BCUT2D eigenvalue weighted by atomic mass is 10.2. The van der Waals surface area contributed by atoms with Gasteiger partial charge in [-0.2, -0.15) is 0 Å². The van der Waals surface area contributed by atoms with Crippen LogP contribution in [-0.4, -0.2) is 41.2 Å². The minimum Gasteiger partial charge on any atom is -0.363 e. The predicted octanol–water partition coefficient (Wildman–Crippen LogP) is 2.87. The number of halogens is 1. The average Bonchev–Trinajstić information content (AvgIpc) is 2.93. The van der Waals surface area contributed by atoms with E-state index < -0.39 is 0 Å². The highest BCUT2D eigenvalue weighted by molar-refractivity contribution is 6.30. The van der Waals surface area contributed by atoms with E-state index in [0.717, 1.165) is 44.2 Å². The van der Waals surface area contributed by atoms with Gasteiger partial charge in [-0.1, -0.05) is 16.8 Å². The highest BCUT2D eigenvalue weighted by Gasteiger charge is 2.24. The average molecular weight is 337 g/mol. The van der Waals surface area contributed by atoms with Crippen LogP contribution in [0.5, 0.6) is 0 Å². The highest BCUT2D eigenvalue weighted by Crippen LogP contribution is 2.31. The molecule has 0 bridgehead atoms. The zero-order chi connectivity index (χ0) is 16.4. The van der Waals surface area contributed by atoms with Crippen molar-refractivity contribution >= 4 is 23.0 Å². The van der Waals surface area contributed by atoms with Gasteiger partial charge in [0.25, 0.3) is 5.69 Å². The maximum absolute atomic E-state index is 11.2. The summed E-state index contributed by atoms with van der Waals surface area (Å²) in [5, 5.41) is 15.6. The van der Waals surface area contributed by atoms with Crippen molar-refractivity contribution in [3.05, 3.63) is 50.9 Å². The molecule has 1 aliphatic rings. The first-order valence-corrected chi connectivity index (χ1v) is 7.74. The number of anilines is 1. The predicted molar refractivity (Wildman–Crippen MR) is 86.8 cm³/mol. The lowest BCUT2D eigenvalue weighted by Crippen LogP contribution is -2.46. The fraction of sp³-hybridized carbons (Fsp3) is 0.400. The molecular weight excluding hydrogens is 320 g/mol. The molecule has 0 saturated carbocycles. The molecule has 0 atom stereocenters. The van der Waals surface area contributed by atoms with Crippen molar-refractivity contribution in [1.82, 2.24) is 10.1 Å². The van der Waals surface area contributed by atoms with Gasteiger partial charge in [0, 0.05) is 49.9 Å². The van der Waals surface area contributed by atoms with E-state index in [1.165, 1.54) is 6.07 Å². The van der Waals surface area contributed by atoms with E-state index in [2.05, 4.69) is 10.1 Å². The van der Waals surface area contributed by atoms with E-state index in [-0.39, 0.29) is 10.6 Å². The Labute approximate surface area is 138 Å². The molecule has 1 aliphatic heterocycles. The van der Waals surface area contributed by atoms with Gasteiger partial charge in [-0.3, -0.25) is 15.0 Å². The van der Waals surface area contributed by atoms with E-state index in [0.29, 0.717) is 10.7 Å². The van der Waals surface area contributed by atoms with Crippen molar-refractivity contribution in [1.29, 1.82) is 0 Å². The third-order valence-corrected chi connectivity index (χ3v) is 4.14. The van der Waals surface area contributed by atoms with Crippen molar-refractivity contribution in [2.24, 2.45) is 0 Å². The molecule has 0 N–H and O–H groups in total. The number of aryl methyl sites for hydroxylation is 1. The quantitative estimate of drug-likeness (QED) is 0.631. The fourth-order valence-corrected chi connectivity index (χ4v) is 2.95. The molecule has 7 nitrogen and oxygen atoms in total. The van der Waals surface area contributed by atoms with Crippen molar-refractivity contribution in [3.63, 3.8) is 0 Å². The maximum Gasteiger partial charge on any atom is 0.294 e. The Hall–Kier alpha value is -2.12. The standard InChI is InChI=1S/C15H17ClN4O3/c1-11-8-13(17-23-11)10-18-4-6-19(7-5-18)14-3-2-12(16)9-15(14)20(21)22/h2-3,8-9H,4-7,10H2,1H3.